The van der Waals surface area contributed by atoms with Gasteiger partial charge in [0.05, 0.1) is 17.4 Å². The summed E-state index contributed by atoms with van der Waals surface area (Å²) in [5.41, 5.74) is 6.43. The Bertz CT molecular complexity index is 328. The molecule has 0 radical (unpaired) electrons. The minimum atomic E-state index is -0.448. The van der Waals surface area contributed by atoms with Gasteiger partial charge < -0.3 is 10.5 Å². The molecule has 2 rings (SSSR count). The zero-order valence-electron chi connectivity index (χ0n) is 7.77. The number of hydrogen-bond donors (Lipinski definition) is 1. The Morgan fingerprint density at radius 1 is 1.57 bits per heavy atom. The van der Waals surface area contributed by atoms with E-state index < -0.39 is 5.91 Å². The molecule has 1 aromatic rings. The van der Waals surface area contributed by atoms with Crippen LogP contribution in [-0.2, 0) is 4.74 Å². The smallest absolute Gasteiger partial charge is 0.250 e. The van der Waals surface area contributed by atoms with Crippen LogP contribution >= 0.6 is 0 Å². The number of primary amides is 1. The lowest BCUT2D eigenvalue weighted by Crippen LogP contribution is -2.11. The lowest BCUT2D eigenvalue weighted by atomic mass is 10.1. The molecule has 2 N–H and O–H groups in total. The molecular weight excluding hydrogens is 180 g/mol. The van der Waals surface area contributed by atoms with Crippen LogP contribution in [0.25, 0.3) is 0 Å². The molecule has 1 saturated heterocycles. The van der Waals surface area contributed by atoms with Crippen LogP contribution < -0.4 is 5.73 Å². The van der Waals surface area contributed by atoms with Crippen LogP contribution in [0.5, 0.6) is 0 Å². The highest BCUT2D eigenvalue weighted by Gasteiger charge is 2.18. The van der Waals surface area contributed by atoms with Crippen molar-refractivity contribution in [1.29, 1.82) is 0 Å². The molecule has 0 saturated carbocycles. The van der Waals surface area contributed by atoms with Crippen molar-refractivity contribution in [3.05, 3.63) is 29.6 Å². The largest absolute Gasteiger partial charge is 0.372 e. The Morgan fingerprint density at radius 2 is 2.43 bits per heavy atom. The predicted molar refractivity (Wildman–Crippen MR) is 50.7 cm³/mol. The second-order valence-electron chi connectivity index (χ2n) is 3.34. The van der Waals surface area contributed by atoms with Crippen molar-refractivity contribution in [1.82, 2.24) is 4.98 Å². The maximum absolute atomic E-state index is 10.8. The Kier molecular flexibility index (Phi) is 2.45. The second kappa shape index (κ2) is 3.75. The molecule has 0 aliphatic carbocycles. The van der Waals surface area contributed by atoms with Crippen LogP contribution in [-0.4, -0.2) is 17.5 Å². The summed E-state index contributed by atoms with van der Waals surface area (Å²) in [6.45, 7) is 0.796. The highest BCUT2D eigenvalue weighted by atomic mass is 16.5. The van der Waals surface area contributed by atoms with E-state index in [9.17, 15) is 4.79 Å². The molecule has 1 aliphatic rings. The van der Waals surface area contributed by atoms with Gasteiger partial charge in [0.25, 0.3) is 0 Å². The van der Waals surface area contributed by atoms with Gasteiger partial charge in [0.2, 0.25) is 5.91 Å². The summed E-state index contributed by atoms with van der Waals surface area (Å²) in [7, 11) is 0. The fourth-order valence-electron chi connectivity index (χ4n) is 1.55. The minimum Gasteiger partial charge on any atom is -0.372 e. The maximum Gasteiger partial charge on any atom is 0.250 e. The Morgan fingerprint density at radius 3 is 2.93 bits per heavy atom. The van der Waals surface area contributed by atoms with E-state index in [4.69, 9.17) is 10.5 Å². The lowest BCUT2D eigenvalue weighted by Gasteiger charge is -2.07. The van der Waals surface area contributed by atoms with Gasteiger partial charge in [-0.1, -0.05) is 0 Å². The first-order valence-corrected chi connectivity index (χ1v) is 4.65. The maximum atomic E-state index is 10.8. The summed E-state index contributed by atoms with van der Waals surface area (Å²) < 4.78 is 5.46. The number of rotatable bonds is 2. The number of aromatic nitrogens is 1. The molecule has 0 spiro atoms. The van der Waals surface area contributed by atoms with Gasteiger partial charge in [-0.25, -0.2) is 0 Å². The van der Waals surface area contributed by atoms with Crippen LogP contribution in [0.15, 0.2) is 18.3 Å². The fraction of sp³-hybridized carbons (Fsp3) is 0.400. The molecule has 74 valence electrons. The van der Waals surface area contributed by atoms with E-state index in [2.05, 4.69) is 4.98 Å². The summed E-state index contributed by atoms with van der Waals surface area (Å²) in [6.07, 6.45) is 3.67. The number of nitrogens with two attached hydrogens (primary N) is 1. The molecule has 0 bridgehead atoms. The molecule has 2 heterocycles. The number of amides is 1. The molecule has 14 heavy (non-hydrogen) atoms. The number of carbonyl (C=O) groups excluding carboxylic acids is 1. The molecule has 4 nitrogen and oxygen atoms in total. The fourth-order valence-corrected chi connectivity index (χ4v) is 1.55. The summed E-state index contributed by atoms with van der Waals surface area (Å²) in [5, 5.41) is 0. The van der Waals surface area contributed by atoms with Gasteiger partial charge in [-0.2, -0.15) is 0 Å². The van der Waals surface area contributed by atoms with Crippen LogP contribution in [0.2, 0.25) is 0 Å². The number of ether oxygens (including phenoxy) is 1. The average molecular weight is 192 g/mol. The molecule has 0 unspecified atom stereocenters. The topological polar surface area (TPSA) is 65.2 Å². The van der Waals surface area contributed by atoms with Gasteiger partial charge in [0.15, 0.2) is 0 Å². The van der Waals surface area contributed by atoms with Crippen molar-refractivity contribution in [2.24, 2.45) is 5.73 Å². The van der Waals surface area contributed by atoms with E-state index in [0.29, 0.717) is 5.56 Å². The third kappa shape index (κ3) is 1.75. The van der Waals surface area contributed by atoms with Crippen LogP contribution in [0.1, 0.15) is 35.0 Å². The van der Waals surface area contributed by atoms with Crippen LogP contribution in [0, 0.1) is 0 Å². The normalized spacial score (nSPS) is 21.0. The Labute approximate surface area is 82.1 Å². The Hall–Kier alpha value is -1.42. The zero-order valence-corrected chi connectivity index (χ0v) is 7.77. The van der Waals surface area contributed by atoms with E-state index in [1.54, 1.807) is 12.1 Å². The quantitative estimate of drug-likeness (QED) is 0.761. The third-order valence-electron chi connectivity index (χ3n) is 2.33. The molecule has 1 amide bonds. The number of carbonyl (C=O) groups is 1. The minimum absolute atomic E-state index is 0.0944. The highest BCUT2D eigenvalue weighted by Crippen LogP contribution is 2.26. The van der Waals surface area contributed by atoms with Crippen molar-refractivity contribution in [2.75, 3.05) is 6.61 Å². The summed E-state index contributed by atoms with van der Waals surface area (Å²) >= 11 is 0. The van der Waals surface area contributed by atoms with Gasteiger partial charge in [-0.3, -0.25) is 9.78 Å². The van der Waals surface area contributed by atoms with Crippen LogP contribution in [0.4, 0.5) is 0 Å². The Balaban J connectivity index is 2.16. The molecule has 0 aromatic carbocycles. The van der Waals surface area contributed by atoms with Gasteiger partial charge in [-0.05, 0) is 25.0 Å². The third-order valence-corrected chi connectivity index (χ3v) is 2.33. The van der Waals surface area contributed by atoms with Gasteiger partial charge in [0, 0.05) is 12.8 Å². The summed E-state index contributed by atoms with van der Waals surface area (Å²) in [4.78, 5) is 14.9. The van der Waals surface area contributed by atoms with Crippen LogP contribution in [0.3, 0.4) is 0 Å². The second-order valence-corrected chi connectivity index (χ2v) is 3.34. The molecular formula is C10H12N2O2. The average Bonchev–Trinajstić information content (AvgIpc) is 2.71. The van der Waals surface area contributed by atoms with E-state index in [-0.39, 0.29) is 6.10 Å². The van der Waals surface area contributed by atoms with Crippen molar-refractivity contribution in [3.8, 4) is 0 Å². The standard InChI is InChI=1S/C10H12N2O2/c11-10(13)7-3-4-8(12-6-7)9-2-1-5-14-9/h3-4,6,9H,1-2,5H2,(H2,11,13)/t9-/m1/s1. The summed E-state index contributed by atoms with van der Waals surface area (Å²) in [6, 6.07) is 3.49. The first-order valence-electron chi connectivity index (χ1n) is 4.65. The molecule has 1 atom stereocenters. The lowest BCUT2D eigenvalue weighted by molar-refractivity contribution is 0.0997. The molecule has 1 aromatic heterocycles. The van der Waals surface area contributed by atoms with Crippen molar-refractivity contribution in [2.45, 2.75) is 18.9 Å². The molecule has 1 fully saturated rings. The highest BCUT2D eigenvalue weighted by molar-refractivity contribution is 5.92. The van der Waals surface area contributed by atoms with Gasteiger partial charge in [-0.15, -0.1) is 0 Å². The first kappa shape index (κ1) is 9.15. The van der Waals surface area contributed by atoms with Gasteiger partial charge >= 0.3 is 0 Å². The van der Waals surface area contributed by atoms with E-state index >= 15 is 0 Å². The SMILES string of the molecule is NC(=O)c1ccc([C@H]2CCCO2)nc1. The van der Waals surface area contributed by atoms with Crippen molar-refractivity contribution in [3.63, 3.8) is 0 Å². The van der Waals surface area contributed by atoms with Crippen molar-refractivity contribution < 1.29 is 9.53 Å². The monoisotopic (exact) mass is 192 g/mol. The number of hydrogen-bond acceptors (Lipinski definition) is 3. The van der Waals surface area contributed by atoms with Gasteiger partial charge in [0.1, 0.15) is 0 Å². The predicted octanol–water partition coefficient (Wildman–Crippen LogP) is 1.03. The summed E-state index contributed by atoms with van der Waals surface area (Å²) in [5.74, 6) is -0.448. The molecule has 1 aliphatic heterocycles. The van der Waals surface area contributed by atoms with E-state index in [0.717, 1.165) is 25.1 Å². The van der Waals surface area contributed by atoms with E-state index in [1.165, 1.54) is 6.20 Å². The number of pyridine rings is 1. The van der Waals surface area contributed by atoms with E-state index in [1.807, 2.05) is 0 Å². The van der Waals surface area contributed by atoms with Crippen molar-refractivity contribution >= 4 is 5.91 Å². The zero-order chi connectivity index (χ0) is 9.97. The molecule has 4 heteroatoms. The number of nitrogens with zero attached hydrogens (tertiary/aromatic N) is 1. The first-order chi connectivity index (χ1) is 6.77.